The molecule has 0 saturated carbocycles. The van der Waals surface area contributed by atoms with Crippen molar-refractivity contribution in [2.24, 2.45) is 11.8 Å². The largest absolute Gasteiger partial charge is 0.386 e. The van der Waals surface area contributed by atoms with Gasteiger partial charge in [0.2, 0.25) is 5.91 Å². The van der Waals surface area contributed by atoms with Gasteiger partial charge in [-0.25, -0.2) is 0 Å². The van der Waals surface area contributed by atoms with Crippen molar-refractivity contribution in [1.82, 2.24) is 4.90 Å². The van der Waals surface area contributed by atoms with Crippen LogP contribution >= 0.6 is 0 Å². The van der Waals surface area contributed by atoms with Crippen molar-refractivity contribution in [2.45, 2.75) is 65.5 Å². The summed E-state index contributed by atoms with van der Waals surface area (Å²) in [6, 6.07) is 9.32. The molecule has 0 heterocycles. The summed E-state index contributed by atoms with van der Waals surface area (Å²) in [5.41, 5.74) is 0.853. The highest BCUT2D eigenvalue weighted by Crippen LogP contribution is 2.26. The molecule has 0 aliphatic heterocycles. The van der Waals surface area contributed by atoms with Crippen LogP contribution in [0.15, 0.2) is 30.3 Å². The Morgan fingerprint density at radius 3 is 2.30 bits per heavy atom. The summed E-state index contributed by atoms with van der Waals surface area (Å²) in [4.78, 5) is 14.6. The minimum absolute atomic E-state index is 0.0389. The molecule has 0 saturated heterocycles. The molecule has 0 bridgehead atoms. The van der Waals surface area contributed by atoms with Crippen LogP contribution in [-0.4, -0.2) is 29.0 Å². The zero-order valence-corrected chi connectivity index (χ0v) is 15.3. The zero-order valence-electron chi connectivity index (χ0n) is 15.3. The lowest BCUT2D eigenvalue weighted by atomic mass is 9.86. The molecule has 0 radical (unpaired) electrons. The van der Waals surface area contributed by atoms with E-state index < -0.39 is 6.10 Å². The molecule has 1 aromatic carbocycles. The second-order valence-electron chi connectivity index (χ2n) is 6.68. The molecule has 1 N–H and O–H groups in total. The van der Waals surface area contributed by atoms with Crippen LogP contribution in [0.3, 0.4) is 0 Å². The average molecular weight is 319 g/mol. The number of rotatable bonds is 9. The SMILES string of the molecule is CCCC[C@H](C)[C@H](CC)C(=O)N(C)[C@@H](C)[C@@H](O)c1ccccc1. The first-order valence-corrected chi connectivity index (χ1v) is 8.93. The highest BCUT2D eigenvalue weighted by Gasteiger charge is 2.30. The summed E-state index contributed by atoms with van der Waals surface area (Å²) in [6.45, 7) is 8.35. The molecular weight excluding hydrogens is 286 g/mol. The molecular formula is C20H33NO2. The lowest BCUT2D eigenvalue weighted by molar-refractivity contribution is -0.140. The van der Waals surface area contributed by atoms with Gasteiger partial charge >= 0.3 is 0 Å². The summed E-state index contributed by atoms with van der Waals surface area (Å²) in [7, 11) is 1.81. The van der Waals surface area contributed by atoms with Crippen molar-refractivity contribution < 1.29 is 9.90 Å². The van der Waals surface area contributed by atoms with E-state index in [0.29, 0.717) is 5.92 Å². The van der Waals surface area contributed by atoms with Gasteiger partial charge in [-0.3, -0.25) is 4.79 Å². The van der Waals surface area contributed by atoms with Gasteiger partial charge in [0.05, 0.1) is 12.1 Å². The van der Waals surface area contributed by atoms with Crippen molar-refractivity contribution >= 4 is 5.91 Å². The number of unbranched alkanes of at least 4 members (excludes halogenated alkanes) is 1. The normalized spacial score (nSPS) is 16.4. The van der Waals surface area contributed by atoms with Crippen molar-refractivity contribution in [3.05, 3.63) is 35.9 Å². The van der Waals surface area contributed by atoms with E-state index in [1.807, 2.05) is 44.3 Å². The van der Waals surface area contributed by atoms with Gasteiger partial charge in [0.1, 0.15) is 0 Å². The third-order valence-electron chi connectivity index (χ3n) is 5.01. The number of amides is 1. The minimum atomic E-state index is -0.659. The molecule has 1 amide bonds. The maximum atomic E-state index is 12.9. The number of benzene rings is 1. The van der Waals surface area contributed by atoms with Gasteiger partial charge in [-0.05, 0) is 31.2 Å². The summed E-state index contributed by atoms with van der Waals surface area (Å²) >= 11 is 0. The Morgan fingerprint density at radius 2 is 1.78 bits per heavy atom. The van der Waals surface area contributed by atoms with Gasteiger partial charge in [-0.15, -0.1) is 0 Å². The summed E-state index contributed by atoms with van der Waals surface area (Å²) in [6.07, 6.45) is 3.60. The first-order valence-electron chi connectivity index (χ1n) is 8.93. The van der Waals surface area contributed by atoms with Gasteiger partial charge in [-0.2, -0.15) is 0 Å². The Hall–Kier alpha value is -1.35. The third kappa shape index (κ3) is 5.35. The predicted molar refractivity (Wildman–Crippen MR) is 96.1 cm³/mol. The highest BCUT2D eigenvalue weighted by molar-refractivity contribution is 5.79. The second kappa shape index (κ2) is 9.71. The van der Waals surface area contributed by atoms with Gasteiger partial charge in [-0.1, -0.05) is 63.9 Å². The van der Waals surface area contributed by atoms with E-state index in [1.54, 1.807) is 4.90 Å². The predicted octanol–water partition coefficient (Wildman–Crippen LogP) is 4.42. The van der Waals surface area contributed by atoms with Crippen LogP contribution in [0.25, 0.3) is 0 Å². The Kier molecular flexibility index (Phi) is 8.32. The Labute approximate surface area is 141 Å². The van der Waals surface area contributed by atoms with Gasteiger partial charge in [0.15, 0.2) is 0 Å². The lowest BCUT2D eigenvalue weighted by Crippen LogP contribution is -2.43. The maximum absolute atomic E-state index is 12.9. The first kappa shape index (κ1) is 19.7. The number of hydrogen-bond acceptors (Lipinski definition) is 2. The van der Waals surface area contributed by atoms with E-state index in [4.69, 9.17) is 0 Å². The fraction of sp³-hybridized carbons (Fsp3) is 0.650. The van der Waals surface area contributed by atoms with Crippen molar-refractivity contribution in [3.8, 4) is 0 Å². The topological polar surface area (TPSA) is 40.5 Å². The zero-order chi connectivity index (χ0) is 17.4. The Bertz CT molecular complexity index is 460. The monoisotopic (exact) mass is 319 g/mol. The van der Waals surface area contributed by atoms with Crippen molar-refractivity contribution in [3.63, 3.8) is 0 Å². The lowest BCUT2D eigenvalue weighted by Gasteiger charge is -2.33. The fourth-order valence-electron chi connectivity index (χ4n) is 3.15. The van der Waals surface area contributed by atoms with Crippen LogP contribution < -0.4 is 0 Å². The molecule has 0 fully saturated rings. The van der Waals surface area contributed by atoms with Crippen LogP contribution in [0.1, 0.15) is 65.0 Å². The van der Waals surface area contributed by atoms with Crippen LogP contribution in [0.4, 0.5) is 0 Å². The minimum Gasteiger partial charge on any atom is -0.386 e. The maximum Gasteiger partial charge on any atom is 0.226 e. The molecule has 1 rings (SSSR count). The molecule has 0 aliphatic carbocycles. The number of carbonyl (C=O) groups is 1. The number of aliphatic hydroxyl groups excluding tert-OH is 1. The number of likely N-dealkylation sites (N-methyl/N-ethyl adjacent to an activating group) is 1. The Balaban J connectivity index is 2.76. The number of aliphatic hydroxyl groups is 1. The van der Waals surface area contributed by atoms with Crippen LogP contribution in [0.2, 0.25) is 0 Å². The van der Waals surface area contributed by atoms with E-state index in [-0.39, 0.29) is 17.9 Å². The molecule has 23 heavy (non-hydrogen) atoms. The quantitative estimate of drug-likeness (QED) is 0.732. The molecule has 1 aromatic rings. The van der Waals surface area contributed by atoms with E-state index in [0.717, 1.165) is 31.2 Å². The highest BCUT2D eigenvalue weighted by atomic mass is 16.3. The van der Waals surface area contributed by atoms with E-state index in [1.165, 1.54) is 0 Å². The van der Waals surface area contributed by atoms with Gasteiger partial charge in [0.25, 0.3) is 0 Å². The summed E-state index contributed by atoms with van der Waals surface area (Å²) in [5.74, 6) is 0.575. The average Bonchev–Trinajstić information content (AvgIpc) is 2.59. The van der Waals surface area contributed by atoms with Gasteiger partial charge < -0.3 is 10.0 Å². The van der Waals surface area contributed by atoms with Crippen LogP contribution in [0, 0.1) is 11.8 Å². The molecule has 3 nitrogen and oxygen atoms in total. The molecule has 0 unspecified atom stereocenters. The molecule has 4 atom stereocenters. The van der Waals surface area contributed by atoms with Gasteiger partial charge in [0, 0.05) is 13.0 Å². The molecule has 0 spiro atoms. The van der Waals surface area contributed by atoms with Crippen molar-refractivity contribution in [2.75, 3.05) is 7.05 Å². The van der Waals surface area contributed by atoms with Crippen LogP contribution in [0.5, 0.6) is 0 Å². The van der Waals surface area contributed by atoms with E-state index in [9.17, 15) is 9.90 Å². The Morgan fingerprint density at radius 1 is 1.17 bits per heavy atom. The standard InChI is InChI=1S/C20H33NO2/c1-6-8-12-15(3)18(7-2)20(23)21(5)16(4)19(22)17-13-10-9-11-14-17/h9-11,13-16,18-19,22H,6-8,12H2,1-5H3/t15-,16-,18-,19+/m0/s1. The fourth-order valence-corrected chi connectivity index (χ4v) is 3.15. The molecule has 0 aromatic heterocycles. The molecule has 130 valence electrons. The van der Waals surface area contributed by atoms with Crippen LogP contribution in [-0.2, 0) is 4.79 Å². The third-order valence-corrected chi connectivity index (χ3v) is 5.01. The summed E-state index contributed by atoms with van der Waals surface area (Å²) in [5, 5.41) is 10.5. The van der Waals surface area contributed by atoms with E-state index in [2.05, 4.69) is 20.8 Å². The number of carbonyl (C=O) groups excluding carboxylic acids is 1. The second-order valence-corrected chi connectivity index (χ2v) is 6.68. The number of hydrogen-bond donors (Lipinski definition) is 1. The smallest absolute Gasteiger partial charge is 0.226 e. The van der Waals surface area contributed by atoms with Crippen molar-refractivity contribution in [1.29, 1.82) is 0 Å². The first-order chi connectivity index (χ1) is 10.9. The van der Waals surface area contributed by atoms with E-state index >= 15 is 0 Å². The molecule has 0 aliphatic rings. The molecule has 3 heteroatoms. The summed E-state index contributed by atoms with van der Waals surface area (Å²) < 4.78 is 0. The number of nitrogens with zero attached hydrogens (tertiary/aromatic N) is 1.